The quantitative estimate of drug-likeness (QED) is 0.0870. The van der Waals surface area contributed by atoms with Crippen LogP contribution in [0.2, 0.25) is 0 Å². The Labute approximate surface area is 347 Å². The van der Waals surface area contributed by atoms with Crippen LogP contribution in [0.5, 0.6) is 0 Å². The van der Waals surface area contributed by atoms with Crippen LogP contribution in [0.3, 0.4) is 0 Å². The van der Waals surface area contributed by atoms with Gasteiger partial charge in [0.1, 0.15) is 23.9 Å². The zero-order valence-corrected chi connectivity index (χ0v) is 34.0. The molecule has 4 heterocycles. The summed E-state index contributed by atoms with van der Waals surface area (Å²) in [5, 5.41) is 10.5. The van der Waals surface area contributed by atoms with E-state index >= 15 is 0 Å². The van der Waals surface area contributed by atoms with Crippen molar-refractivity contribution in [3.05, 3.63) is 108 Å². The molecule has 2 aliphatic rings. The number of amides is 5. The highest BCUT2D eigenvalue weighted by molar-refractivity contribution is 5.92. The fraction of sp³-hybridized carbons (Fsp3) is 0.333. The number of benzene rings is 4. The van der Waals surface area contributed by atoms with Crippen LogP contribution in [-0.4, -0.2) is 87.3 Å². The molecule has 8 rings (SSSR count). The molecule has 4 aromatic carbocycles. The summed E-state index contributed by atoms with van der Waals surface area (Å²) in [5.41, 5.74) is 6.28. The Hall–Kier alpha value is -6.90. The molecule has 2 fully saturated rings. The third-order valence-electron chi connectivity index (χ3n) is 11.5. The maximum absolute atomic E-state index is 13.9. The second-order valence-corrected chi connectivity index (χ2v) is 15.6. The van der Waals surface area contributed by atoms with Gasteiger partial charge in [0.05, 0.1) is 49.2 Å². The Bertz CT molecular complexity index is 2530. The van der Waals surface area contributed by atoms with E-state index in [-0.39, 0.29) is 29.9 Å². The Balaban J connectivity index is 0.970. The molecule has 5 N–H and O–H groups in total. The molecule has 0 saturated carbocycles. The topological polar surface area (TPSA) is 187 Å². The van der Waals surface area contributed by atoms with Crippen LogP contribution >= 0.6 is 0 Å². The van der Waals surface area contributed by atoms with Crippen LogP contribution < -0.4 is 16.0 Å². The first-order valence-electron chi connectivity index (χ1n) is 20.3. The molecular formula is C45H49N9O6. The van der Waals surface area contributed by atoms with E-state index < -0.39 is 24.4 Å². The van der Waals surface area contributed by atoms with Gasteiger partial charge in [-0.15, -0.1) is 0 Å². The molecule has 310 valence electrons. The molecule has 0 spiro atoms. The minimum absolute atomic E-state index is 0.0476. The number of carbonyl (C=O) groups is 4. The maximum atomic E-state index is 13.9. The number of likely N-dealkylation sites (tertiary alicyclic amines) is 2. The first-order valence-corrected chi connectivity index (χ1v) is 20.3. The van der Waals surface area contributed by atoms with Gasteiger partial charge in [-0.2, -0.15) is 0 Å². The summed E-state index contributed by atoms with van der Waals surface area (Å²) in [6, 6.07) is 26.4. The number of alkyl carbamates (subject to hydrolysis) is 2. The van der Waals surface area contributed by atoms with Gasteiger partial charge >= 0.3 is 18.2 Å². The number of ether oxygens (including phenoxy) is 2. The van der Waals surface area contributed by atoms with E-state index in [1.54, 1.807) is 9.80 Å². The smallest absolute Gasteiger partial charge is 0.408 e. The summed E-state index contributed by atoms with van der Waals surface area (Å²) in [7, 11) is 2.57. The number of urea groups is 1. The zero-order chi connectivity index (χ0) is 41.9. The summed E-state index contributed by atoms with van der Waals surface area (Å²) in [6.45, 7) is 4.96. The second-order valence-electron chi connectivity index (χ2n) is 15.6. The van der Waals surface area contributed by atoms with Crippen molar-refractivity contribution in [1.29, 1.82) is 0 Å². The standard InChI is InChI=1S/C45H49N9O6/c1-26(2)39(52-45(58)60-4)51-43(56)54-21-9-13-37(54)41-47-33-19-18-31(24-34(33)48-41)29-14-15-30-23-32(17-16-28(30)22-29)35-25-46-40(49-35)36-12-8-20-53(36)42(55)38(50-44(57)59-3)27-10-6-5-7-11-27/h5-7,10-11,14-19,22-26,36-39H,8-9,12-13,20-21H2,1-4H3,(H,46,49)(H,47,48)(H,50,57)(H,51,56)(H,52,58)/t36-,37-,38+,39-/m0/s1. The number of aromatic nitrogens is 4. The van der Waals surface area contributed by atoms with E-state index in [1.807, 2.05) is 56.4 Å². The van der Waals surface area contributed by atoms with Gasteiger partial charge in [0.15, 0.2) is 0 Å². The Kier molecular flexibility index (Phi) is 11.4. The molecule has 5 amide bonds. The summed E-state index contributed by atoms with van der Waals surface area (Å²) in [4.78, 5) is 71.6. The van der Waals surface area contributed by atoms with E-state index in [2.05, 4.69) is 74.4 Å². The number of nitrogens with one attached hydrogen (secondary N) is 5. The Morgan fingerprint density at radius 3 is 2.07 bits per heavy atom. The summed E-state index contributed by atoms with van der Waals surface area (Å²) >= 11 is 0. The summed E-state index contributed by atoms with van der Waals surface area (Å²) in [6.07, 6.45) is 3.12. The van der Waals surface area contributed by atoms with E-state index in [1.165, 1.54) is 14.2 Å². The lowest BCUT2D eigenvalue weighted by Gasteiger charge is -2.28. The number of imidazole rings is 2. The number of fused-ring (bicyclic) bond motifs is 2. The van der Waals surface area contributed by atoms with Gasteiger partial charge in [0, 0.05) is 18.7 Å². The minimum atomic E-state index is -0.885. The van der Waals surface area contributed by atoms with Crippen LogP contribution in [0.15, 0.2) is 91.1 Å². The number of methoxy groups -OCH3 is 2. The van der Waals surface area contributed by atoms with Gasteiger partial charge < -0.3 is 45.2 Å². The first-order chi connectivity index (χ1) is 29.1. The maximum Gasteiger partial charge on any atom is 0.408 e. The Morgan fingerprint density at radius 2 is 1.35 bits per heavy atom. The van der Waals surface area contributed by atoms with Crippen molar-refractivity contribution in [2.24, 2.45) is 5.92 Å². The van der Waals surface area contributed by atoms with Crippen molar-refractivity contribution in [1.82, 2.24) is 45.7 Å². The fourth-order valence-electron chi connectivity index (χ4n) is 8.27. The SMILES string of the molecule is COC(=O)N[C@H](NC(=O)N1CCC[C@H]1c1nc2ccc(-c3ccc4cc(-c5cnc([C@@H]6CCCN6C(=O)[C@H](NC(=O)OC)c6ccccc6)[nH]5)ccc4c3)cc2[nH]1)C(C)C. The lowest BCUT2D eigenvalue weighted by molar-refractivity contribution is -0.134. The van der Waals surface area contributed by atoms with Gasteiger partial charge in [0.25, 0.3) is 5.91 Å². The lowest BCUT2D eigenvalue weighted by Crippen LogP contribution is -2.54. The molecule has 60 heavy (non-hydrogen) atoms. The number of hydrogen-bond donors (Lipinski definition) is 5. The van der Waals surface area contributed by atoms with E-state index in [4.69, 9.17) is 19.4 Å². The number of hydrogen-bond acceptors (Lipinski definition) is 8. The van der Waals surface area contributed by atoms with Crippen molar-refractivity contribution < 1.29 is 28.7 Å². The molecule has 2 aliphatic heterocycles. The van der Waals surface area contributed by atoms with Gasteiger partial charge in [-0.3, -0.25) is 4.79 Å². The molecule has 0 radical (unpaired) electrons. The van der Waals surface area contributed by atoms with Crippen LogP contribution in [0.4, 0.5) is 14.4 Å². The predicted octanol–water partition coefficient (Wildman–Crippen LogP) is 7.72. The lowest BCUT2D eigenvalue weighted by atomic mass is 9.99. The summed E-state index contributed by atoms with van der Waals surface area (Å²) in [5.74, 6) is 1.16. The molecule has 0 aliphatic carbocycles. The minimum Gasteiger partial charge on any atom is -0.453 e. The van der Waals surface area contributed by atoms with Crippen molar-refractivity contribution >= 4 is 45.9 Å². The molecule has 4 atom stereocenters. The highest BCUT2D eigenvalue weighted by atomic mass is 16.5. The van der Waals surface area contributed by atoms with Crippen LogP contribution in [-0.2, 0) is 14.3 Å². The number of H-pyrrole nitrogens is 2. The largest absolute Gasteiger partial charge is 0.453 e. The van der Waals surface area contributed by atoms with Crippen molar-refractivity contribution in [3.63, 3.8) is 0 Å². The van der Waals surface area contributed by atoms with Gasteiger partial charge in [0.2, 0.25) is 0 Å². The van der Waals surface area contributed by atoms with Gasteiger partial charge in [-0.05, 0) is 83.3 Å². The van der Waals surface area contributed by atoms with E-state index in [0.717, 1.165) is 75.7 Å². The van der Waals surface area contributed by atoms with Gasteiger partial charge in [-0.1, -0.05) is 74.5 Å². The van der Waals surface area contributed by atoms with Gasteiger partial charge in [-0.25, -0.2) is 24.4 Å². The normalized spacial score (nSPS) is 17.5. The second kappa shape index (κ2) is 17.1. The molecule has 0 unspecified atom stereocenters. The summed E-state index contributed by atoms with van der Waals surface area (Å²) < 4.78 is 9.58. The van der Waals surface area contributed by atoms with Crippen molar-refractivity contribution in [2.75, 3.05) is 27.3 Å². The molecular weight excluding hydrogens is 763 g/mol. The third-order valence-corrected chi connectivity index (χ3v) is 11.5. The molecule has 2 saturated heterocycles. The number of carbonyl (C=O) groups excluding carboxylic acids is 4. The molecule has 0 bridgehead atoms. The van der Waals surface area contributed by atoms with Crippen molar-refractivity contribution in [3.8, 4) is 22.4 Å². The van der Waals surface area contributed by atoms with E-state index in [9.17, 15) is 19.2 Å². The van der Waals surface area contributed by atoms with E-state index in [0.29, 0.717) is 24.5 Å². The number of nitrogens with zero attached hydrogens (tertiary/aromatic N) is 4. The monoisotopic (exact) mass is 811 g/mol. The zero-order valence-electron chi connectivity index (χ0n) is 34.0. The third kappa shape index (κ3) is 8.20. The first kappa shape index (κ1) is 39.9. The van der Waals surface area contributed by atoms with Crippen LogP contribution in [0, 0.1) is 5.92 Å². The molecule has 2 aromatic heterocycles. The highest BCUT2D eigenvalue weighted by Crippen LogP contribution is 2.36. The average molecular weight is 812 g/mol. The fourth-order valence-corrected chi connectivity index (χ4v) is 8.27. The average Bonchev–Trinajstić information content (AvgIpc) is 4.11. The Morgan fingerprint density at radius 1 is 0.717 bits per heavy atom. The molecule has 15 nitrogen and oxygen atoms in total. The number of rotatable bonds is 10. The highest BCUT2D eigenvalue weighted by Gasteiger charge is 2.37. The van der Waals surface area contributed by atoms with Crippen LogP contribution in [0.25, 0.3) is 44.2 Å². The molecule has 6 aromatic rings. The number of aromatic amines is 2. The predicted molar refractivity (Wildman–Crippen MR) is 226 cm³/mol. The van der Waals surface area contributed by atoms with Crippen molar-refractivity contribution in [2.45, 2.75) is 63.8 Å². The van der Waals surface area contributed by atoms with Crippen LogP contribution in [0.1, 0.15) is 74.9 Å². The molecule has 15 heteroatoms.